The highest BCUT2D eigenvalue weighted by atomic mass is 16.5. The maximum Gasteiger partial charge on any atom is 0.291 e. The lowest BCUT2D eigenvalue weighted by molar-refractivity contribution is -0.138. The molecule has 0 radical (unpaired) electrons. The summed E-state index contributed by atoms with van der Waals surface area (Å²) in [7, 11) is 0. The molecule has 1 aromatic carbocycles. The van der Waals surface area contributed by atoms with E-state index >= 15 is 0 Å². The summed E-state index contributed by atoms with van der Waals surface area (Å²) in [6, 6.07) is 10.6. The van der Waals surface area contributed by atoms with Gasteiger partial charge in [-0.2, -0.15) is 0 Å². The van der Waals surface area contributed by atoms with Crippen molar-refractivity contribution in [3.8, 4) is 5.75 Å². The van der Waals surface area contributed by atoms with Crippen molar-refractivity contribution >= 4 is 17.5 Å². The Bertz CT molecular complexity index is 836. The van der Waals surface area contributed by atoms with Gasteiger partial charge in [0, 0.05) is 24.3 Å². The Morgan fingerprint density at radius 1 is 1.21 bits per heavy atom. The molecule has 2 aliphatic rings. The number of piperidine rings is 1. The molecule has 0 aliphatic carbocycles. The maximum atomic E-state index is 12.9. The van der Waals surface area contributed by atoms with Crippen LogP contribution in [0.15, 0.2) is 47.1 Å². The highest BCUT2D eigenvalue weighted by Crippen LogP contribution is 2.28. The number of hydrogen-bond acceptors (Lipinski definition) is 5. The summed E-state index contributed by atoms with van der Waals surface area (Å²) in [5, 5.41) is 6.25. The van der Waals surface area contributed by atoms with Crippen molar-refractivity contribution < 1.29 is 18.7 Å². The average Bonchev–Trinajstić information content (AvgIpc) is 3.17. The van der Waals surface area contributed by atoms with Gasteiger partial charge in [0.25, 0.3) is 11.8 Å². The Morgan fingerprint density at radius 2 is 2.14 bits per heavy atom. The lowest BCUT2D eigenvalue weighted by Gasteiger charge is -2.40. The molecule has 2 saturated heterocycles. The van der Waals surface area contributed by atoms with Crippen LogP contribution in [-0.2, 0) is 4.79 Å². The van der Waals surface area contributed by atoms with Crippen molar-refractivity contribution in [3.63, 3.8) is 0 Å². The third-order valence-electron chi connectivity index (χ3n) is 5.70. The number of likely N-dealkylation sites (tertiary alicyclic amines) is 1. The van der Waals surface area contributed by atoms with Crippen LogP contribution in [0.1, 0.15) is 36.2 Å². The molecule has 2 aromatic rings. The van der Waals surface area contributed by atoms with Gasteiger partial charge in [-0.25, -0.2) is 0 Å². The second kappa shape index (κ2) is 9.13. The Hall–Kier alpha value is -2.80. The number of anilines is 1. The molecule has 154 valence electrons. The van der Waals surface area contributed by atoms with Crippen molar-refractivity contribution in [1.29, 1.82) is 0 Å². The second-order valence-corrected chi connectivity index (χ2v) is 7.65. The van der Waals surface area contributed by atoms with Crippen LogP contribution in [0.25, 0.3) is 0 Å². The fourth-order valence-electron chi connectivity index (χ4n) is 4.29. The summed E-state index contributed by atoms with van der Waals surface area (Å²) in [4.78, 5) is 27.0. The maximum absolute atomic E-state index is 12.9. The molecule has 7 nitrogen and oxygen atoms in total. The molecule has 0 spiro atoms. The van der Waals surface area contributed by atoms with Gasteiger partial charge in [-0.3, -0.25) is 9.59 Å². The number of hydrogen-bond donors (Lipinski definition) is 2. The van der Waals surface area contributed by atoms with E-state index in [1.165, 1.54) is 12.7 Å². The predicted molar refractivity (Wildman–Crippen MR) is 109 cm³/mol. The van der Waals surface area contributed by atoms with Gasteiger partial charge in [-0.05, 0) is 69.0 Å². The quantitative estimate of drug-likeness (QED) is 0.811. The van der Waals surface area contributed by atoms with Gasteiger partial charge in [-0.1, -0.05) is 6.07 Å². The monoisotopic (exact) mass is 397 g/mol. The van der Waals surface area contributed by atoms with Crippen molar-refractivity contribution in [1.82, 2.24) is 10.2 Å². The number of fused-ring (bicyclic) bond motifs is 1. The summed E-state index contributed by atoms with van der Waals surface area (Å²) >= 11 is 0. The fourth-order valence-corrected chi connectivity index (χ4v) is 4.29. The lowest BCUT2D eigenvalue weighted by Crippen LogP contribution is -2.51. The second-order valence-electron chi connectivity index (χ2n) is 7.65. The zero-order valence-electron chi connectivity index (χ0n) is 16.4. The van der Waals surface area contributed by atoms with E-state index in [0.29, 0.717) is 23.4 Å². The van der Waals surface area contributed by atoms with Crippen LogP contribution >= 0.6 is 0 Å². The van der Waals surface area contributed by atoms with Gasteiger partial charge in [0.2, 0.25) is 0 Å². The highest BCUT2D eigenvalue weighted by Gasteiger charge is 2.34. The van der Waals surface area contributed by atoms with Crippen LogP contribution in [0.3, 0.4) is 0 Å². The first kappa shape index (κ1) is 19.5. The predicted octanol–water partition coefficient (Wildman–Crippen LogP) is 2.90. The molecule has 2 unspecified atom stereocenters. The van der Waals surface area contributed by atoms with Crippen LogP contribution < -0.4 is 15.4 Å². The molecule has 2 atom stereocenters. The Balaban J connectivity index is 1.34. The van der Waals surface area contributed by atoms with Gasteiger partial charge in [-0.15, -0.1) is 0 Å². The third kappa shape index (κ3) is 4.79. The normalized spacial score (nSPS) is 21.7. The molecule has 7 heteroatoms. The smallest absolute Gasteiger partial charge is 0.291 e. The van der Waals surface area contributed by atoms with E-state index in [1.807, 2.05) is 4.90 Å². The standard InChI is InChI=1S/C22H27N3O4/c26-21(25-11-3-5-16-14-23-10-2-8-19(16)25)15-29-18-7-1-6-17(13-18)24-22(27)20-9-4-12-28-20/h1,4,6-7,9,12-13,16,19,23H,2-3,5,8,10-11,14-15H2,(H,24,27). The number of benzene rings is 1. The molecule has 0 bridgehead atoms. The summed E-state index contributed by atoms with van der Waals surface area (Å²) in [5.74, 6) is 1.03. The molecule has 2 N–H and O–H groups in total. The first-order valence-corrected chi connectivity index (χ1v) is 10.3. The molecule has 2 fully saturated rings. The molecular weight excluding hydrogens is 370 g/mol. The van der Waals surface area contributed by atoms with Gasteiger partial charge in [0.15, 0.2) is 12.4 Å². The van der Waals surface area contributed by atoms with Crippen LogP contribution in [-0.4, -0.2) is 49.0 Å². The van der Waals surface area contributed by atoms with Crippen LogP contribution in [0.4, 0.5) is 5.69 Å². The SMILES string of the molecule is O=C(Nc1cccc(OCC(=O)N2CCCC3CNCCCC32)c1)c1ccco1. The van der Waals surface area contributed by atoms with Crippen LogP contribution in [0, 0.1) is 5.92 Å². The molecule has 1 aromatic heterocycles. The number of nitrogens with one attached hydrogen (secondary N) is 2. The number of furan rings is 1. The zero-order valence-corrected chi connectivity index (χ0v) is 16.4. The van der Waals surface area contributed by atoms with Crippen molar-refractivity contribution in [3.05, 3.63) is 48.4 Å². The van der Waals surface area contributed by atoms with Gasteiger partial charge in [0.1, 0.15) is 5.75 Å². The van der Waals surface area contributed by atoms with E-state index in [4.69, 9.17) is 9.15 Å². The molecule has 29 heavy (non-hydrogen) atoms. The summed E-state index contributed by atoms with van der Waals surface area (Å²) in [6.45, 7) is 2.84. The van der Waals surface area contributed by atoms with Crippen LogP contribution in [0.5, 0.6) is 5.75 Å². The van der Waals surface area contributed by atoms with E-state index in [1.54, 1.807) is 36.4 Å². The first-order chi connectivity index (χ1) is 14.2. The van der Waals surface area contributed by atoms with Crippen LogP contribution in [0.2, 0.25) is 0 Å². The van der Waals surface area contributed by atoms with Crippen molar-refractivity contribution in [2.24, 2.45) is 5.92 Å². The Labute approximate surface area is 170 Å². The molecule has 4 rings (SSSR count). The molecule has 0 saturated carbocycles. The van der Waals surface area contributed by atoms with Crippen molar-refractivity contribution in [2.45, 2.75) is 31.7 Å². The van der Waals surface area contributed by atoms with E-state index in [-0.39, 0.29) is 24.2 Å². The minimum Gasteiger partial charge on any atom is -0.484 e. The number of rotatable bonds is 5. The number of carbonyl (C=O) groups excluding carboxylic acids is 2. The fraction of sp³-hybridized carbons (Fsp3) is 0.455. The Kier molecular flexibility index (Phi) is 6.14. The van der Waals surface area contributed by atoms with E-state index < -0.39 is 0 Å². The highest BCUT2D eigenvalue weighted by molar-refractivity contribution is 6.02. The first-order valence-electron chi connectivity index (χ1n) is 10.3. The molecular formula is C22H27N3O4. The summed E-state index contributed by atoms with van der Waals surface area (Å²) in [5.41, 5.74) is 0.587. The summed E-state index contributed by atoms with van der Waals surface area (Å²) in [6.07, 6.45) is 5.83. The third-order valence-corrected chi connectivity index (χ3v) is 5.70. The number of amides is 2. The van der Waals surface area contributed by atoms with Gasteiger partial charge in [0.05, 0.1) is 6.26 Å². The zero-order chi connectivity index (χ0) is 20.1. The minimum atomic E-state index is -0.329. The van der Waals surface area contributed by atoms with E-state index in [2.05, 4.69) is 10.6 Å². The largest absolute Gasteiger partial charge is 0.484 e. The topological polar surface area (TPSA) is 83.8 Å². The average molecular weight is 397 g/mol. The van der Waals surface area contributed by atoms with Gasteiger partial charge < -0.3 is 24.7 Å². The molecule has 3 heterocycles. The lowest BCUT2D eigenvalue weighted by atomic mass is 9.87. The number of carbonyl (C=O) groups is 2. The van der Waals surface area contributed by atoms with E-state index in [9.17, 15) is 9.59 Å². The Morgan fingerprint density at radius 3 is 3.00 bits per heavy atom. The summed E-state index contributed by atoms with van der Waals surface area (Å²) < 4.78 is 10.9. The number of nitrogens with zero attached hydrogens (tertiary/aromatic N) is 1. The molecule has 2 aliphatic heterocycles. The minimum absolute atomic E-state index is 0.00618. The van der Waals surface area contributed by atoms with Crippen molar-refractivity contribution in [2.75, 3.05) is 31.6 Å². The van der Waals surface area contributed by atoms with E-state index in [0.717, 1.165) is 38.9 Å². The van der Waals surface area contributed by atoms with Gasteiger partial charge >= 0.3 is 0 Å². The number of ether oxygens (including phenoxy) is 1. The molecule has 2 amide bonds.